The van der Waals surface area contributed by atoms with Crippen LogP contribution in [0.5, 0.6) is 0 Å². The molecule has 0 atom stereocenters. The van der Waals surface area contributed by atoms with E-state index < -0.39 is 0 Å². The summed E-state index contributed by atoms with van der Waals surface area (Å²) in [7, 11) is 0. The lowest BCUT2D eigenvalue weighted by Crippen LogP contribution is -1.99. The zero-order valence-electron chi connectivity index (χ0n) is 9.35. The van der Waals surface area contributed by atoms with Gasteiger partial charge in [-0.15, -0.1) is 0 Å². The Morgan fingerprint density at radius 3 is 2.59 bits per heavy atom. The van der Waals surface area contributed by atoms with Crippen molar-refractivity contribution in [3.05, 3.63) is 59.7 Å². The summed E-state index contributed by atoms with van der Waals surface area (Å²) in [6, 6.07) is 17.3. The molecule has 17 heavy (non-hydrogen) atoms. The molecule has 0 aliphatic heterocycles. The number of nitrogens with two attached hydrogens (primary N) is 1. The van der Waals surface area contributed by atoms with Crippen LogP contribution in [0.2, 0.25) is 0 Å². The standard InChI is InChI=1S/C14H13N3/c15-9-11-2-1-3-12(8-11)10-17-14-6-4-13(16)5-7-14/h1-8,17H,10,16H2. The van der Waals surface area contributed by atoms with Crippen molar-refractivity contribution in [3.8, 4) is 6.07 Å². The minimum Gasteiger partial charge on any atom is -0.399 e. The Labute approximate surface area is 101 Å². The minimum absolute atomic E-state index is 0.682. The molecule has 0 spiro atoms. The molecule has 3 nitrogen and oxygen atoms in total. The highest BCUT2D eigenvalue weighted by atomic mass is 14.9. The largest absolute Gasteiger partial charge is 0.399 e. The molecule has 0 unspecified atom stereocenters. The van der Waals surface area contributed by atoms with Crippen LogP contribution in [0.1, 0.15) is 11.1 Å². The van der Waals surface area contributed by atoms with Gasteiger partial charge in [0, 0.05) is 17.9 Å². The monoisotopic (exact) mass is 223 g/mol. The van der Waals surface area contributed by atoms with E-state index in [-0.39, 0.29) is 0 Å². The number of benzene rings is 2. The van der Waals surface area contributed by atoms with E-state index in [0.717, 1.165) is 16.9 Å². The number of nitrogens with zero attached hydrogens (tertiary/aromatic N) is 1. The normalized spacial score (nSPS) is 9.59. The summed E-state index contributed by atoms with van der Waals surface area (Å²) in [4.78, 5) is 0. The van der Waals surface area contributed by atoms with Gasteiger partial charge in [0.05, 0.1) is 11.6 Å². The smallest absolute Gasteiger partial charge is 0.0991 e. The van der Waals surface area contributed by atoms with Crippen molar-refractivity contribution in [2.75, 3.05) is 11.1 Å². The molecule has 0 fully saturated rings. The van der Waals surface area contributed by atoms with Gasteiger partial charge in [-0.1, -0.05) is 12.1 Å². The van der Waals surface area contributed by atoms with Crippen molar-refractivity contribution in [1.29, 1.82) is 5.26 Å². The van der Waals surface area contributed by atoms with Crippen LogP contribution in [0.15, 0.2) is 48.5 Å². The molecule has 3 N–H and O–H groups in total. The number of anilines is 2. The molecule has 2 aromatic carbocycles. The summed E-state index contributed by atoms with van der Waals surface area (Å²) < 4.78 is 0. The van der Waals surface area contributed by atoms with Gasteiger partial charge >= 0.3 is 0 Å². The Morgan fingerprint density at radius 2 is 1.88 bits per heavy atom. The Hall–Kier alpha value is -2.47. The molecule has 0 aromatic heterocycles. The third kappa shape index (κ3) is 2.99. The number of nitrogen functional groups attached to an aromatic ring is 1. The Balaban J connectivity index is 2.02. The number of nitriles is 1. The molecule has 3 heteroatoms. The van der Waals surface area contributed by atoms with Gasteiger partial charge in [-0.2, -0.15) is 5.26 Å². The van der Waals surface area contributed by atoms with E-state index in [0.29, 0.717) is 12.1 Å². The first-order chi connectivity index (χ1) is 8.28. The summed E-state index contributed by atoms with van der Waals surface area (Å²) in [5.41, 5.74) is 9.14. The molecule has 0 aliphatic carbocycles. The highest BCUT2D eigenvalue weighted by molar-refractivity contribution is 5.51. The Morgan fingerprint density at radius 1 is 1.12 bits per heavy atom. The van der Waals surface area contributed by atoms with Gasteiger partial charge in [0.15, 0.2) is 0 Å². The van der Waals surface area contributed by atoms with Crippen LogP contribution in [0, 0.1) is 11.3 Å². The van der Waals surface area contributed by atoms with Crippen LogP contribution in [0.4, 0.5) is 11.4 Å². The predicted molar refractivity (Wildman–Crippen MR) is 69.3 cm³/mol. The highest BCUT2D eigenvalue weighted by Gasteiger charge is 1.96. The number of nitrogens with one attached hydrogen (secondary N) is 1. The molecular formula is C14H13N3. The van der Waals surface area contributed by atoms with Crippen LogP contribution < -0.4 is 11.1 Å². The predicted octanol–water partition coefficient (Wildman–Crippen LogP) is 2.75. The second-order valence-electron chi connectivity index (χ2n) is 3.79. The molecule has 0 saturated carbocycles. The van der Waals surface area contributed by atoms with E-state index in [1.807, 2.05) is 42.5 Å². The third-order valence-corrected chi connectivity index (χ3v) is 2.46. The van der Waals surface area contributed by atoms with Crippen LogP contribution in [0.25, 0.3) is 0 Å². The maximum Gasteiger partial charge on any atom is 0.0991 e. The quantitative estimate of drug-likeness (QED) is 0.786. The van der Waals surface area contributed by atoms with Crippen molar-refractivity contribution in [2.24, 2.45) is 0 Å². The van der Waals surface area contributed by atoms with E-state index in [9.17, 15) is 0 Å². The lowest BCUT2D eigenvalue weighted by atomic mass is 10.1. The fourth-order valence-corrected chi connectivity index (χ4v) is 1.56. The highest BCUT2D eigenvalue weighted by Crippen LogP contribution is 2.12. The van der Waals surface area contributed by atoms with Crippen molar-refractivity contribution in [1.82, 2.24) is 0 Å². The maximum atomic E-state index is 8.79. The lowest BCUT2D eigenvalue weighted by Gasteiger charge is -2.06. The third-order valence-electron chi connectivity index (χ3n) is 2.46. The first-order valence-electron chi connectivity index (χ1n) is 5.36. The average molecular weight is 223 g/mol. The number of hydrogen-bond acceptors (Lipinski definition) is 3. The van der Waals surface area contributed by atoms with Crippen LogP contribution in [0.3, 0.4) is 0 Å². The van der Waals surface area contributed by atoms with Crippen molar-refractivity contribution >= 4 is 11.4 Å². The molecule has 0 radical (unpaired) electrons. The van der Waals surface area contributed by atoms with Gasteiger partial charge < -0.3 is 11.1 Å². The zero-order valence-corrected chi connectivity index (χ0v) is 9.35. The van der Waals surface area contributed by atoms with Crippen molar-refractivity contribution in [3.63, 3.8) is 0 Å². The van der Waals surface area contributed by atoms with Gasteiger partial charge in [0.1, 0.15) is 0 Å². The summed E-state index contributed by atoms with van der Waals surface area (Å²) >= 11 is 0. The molecule has 84 valence electrons. The van der Waals surface area contributed by atoms with Crippen molar-refractivity contribution in [2.45, 2.75) is 6.54 Å². The lowest BCUT2D eigenvalue weighted by molar-refractivity contribution is 1.15. The molecule has 0 saturated heterocycles. The Kier molecular flexibility index (Phi) is 3.27. The van der Waals surface area contributed by atoms with Gasteiger partial charge in [0.25, 0.3) is 0 Å². The van der Waals surface area contributed by atoms with Gasteiger partial charge in [-0.25, -0.2) is 0 Å². The van der Waals surface area contributed by atoms with Crippen LogP contribution >= 0.6 is 0 Å². The maximum absolute atomic E-state index is 8.79. The number of rotatable bonds is 3. The first-order valence-corrected chi connectivity index (χ1v) is 5.36. The molecule has 0 amide bonds. The van der Waals surface area contributed by atoms with Crippen LogP contribution in [-0.2, 0) is 6.54 Å². The molecule has 2 rings (SSSR count). The summed E-state index contributed by atoms with van der Waals surface area (Å²) in [5, 5.41) is 12.1. The van der Waals surface area contributed by atoms with E-state index in [1.54, 1.807) is 6.07 Å². The van der Waals surface area contributed by atoms with Crippen LogP contribution in [-0.4, -0.2) is 0 Å². The van der Waals surface area contributed by atoms with Gasteiger partial charge in [0.2, 0.25) is 0 Å². The van der Waals surface area contributed by atoms with Gasteiger partial charge in [-0.05, 0) is 42.0 Å². The average Bonchev–Trinajstić information content (AvgIpc) is 2.38. The number of hydrogen-bond donors (Lipinski definition) is 2. The fraction of sp³-hybridized carbons (Fsp3) is 0.0714. The summed E-state index contributed by atoms with van der Waals surface area (Å²) in [5.74, 6) is 0. The molecule has 2 aromatic rings. The zero-order chi connectivity index (χ0) is 12.1. The topological polar surface area (TPSA) is 61.8 Å². The van der Waals surface area contributed by atoms with E-state index in [1.165, 1.54) is 0 Å². The van der Waals surface area contributed by atoms with E-state index in [4.69, 9.17) is 11.0 Å². The molecule has 0 aliphatic rings. The molecule has 0 heterocycles. The molecular weight excluding hydrogens is 210 g/mol. The summed E-state index contributed by atoms with van der Waals surface area (Å²) in [6.07, 6.45) is 0. The SMILES string of the molecule is N#Cc1cccc(CNc2ccc(N)cc2)c1. The van der Waals surface area contributed by atoms with E-state index >= 15 is 0 Å². The fourth-order valence-electron chi connectivity index (χ4n) is 1.56. The molecule has 0 bridgehead atoms. The van der Waals surface area contributed by atoms with E-state index in [2.05, 4.69) is 11.4 Å². The van der Waals surface area contributed by atoms with Crippen molar-refractivity contribution < 1.29 is 0 Å². The first kappa shape index (κ1) is 11.0. The van der Waals surface area contributed by atoms with Gasteiger partial charge in [-0.3, -0.25) is 0 Å². The Bertz CT molecular complexity index is 538. The minimum atomic E-state index is 0.682. The summed E-state index contributed by atoms with van der Waals surface area (Å²) in [6.45, 7) is 0.694. The second-order valence-corrected chi connectivity index (χ2v) is 3.79. The second kappa shape index (κ2) is 5.04.